The van der Waals surface area contributed by atoms with Gasteiger partial charge in [-0.2, -0.15) is 18.3 Å². The summed E-state index contributed by atoms with van der Waals surface area (Å²) in [5.41, 5.74) is 0.334. The number of nitrogens with one attached hydrogen (secondary N) is 1. The Morgan fingerprint density at radius 2 is 1.80 bits per heavy atom. The molecule has 2 fully saturated rings. The highest BCUT2D eigenvalue weighted by molar-refractivity contribution is 6.09. The van der Waals surface area contributed by atoms with E-state index in [0.717, 1.165) is 5.69 Å². The summed E-state index contributed by atoms with van der Waals surface area (Å²) in [6.07, 6.45) is -1.01. The largest absolute Gasteiger partial charge is 0.419 e. The molecule has 0 aromatic carbocycles. The smallest absolute Gasteiger partial charge is 0.390 e. The fraction of sp³-hybridized carbons (Fsp3) is 0.370. The third-order valence-corrected chi connectivity index (χ3v) is 7.68. The van der Waals surface area contributed by atoms with E-state index in [9.17, 15) is 31.9 Å². The van der Waals surface area contributed by atoms with Gasteiger partial charge < -0.3 is 15.3 Å². The number of aliphatic hydroxyl groups is 1. The van der Waals surface area contributed by atoms with Gasteiger partial charge in [0.25, 0.3) is 5.91 Å². The van der Waals surface area contributed by atoms with Crippen molar-refractivity contribution in [1.82, 2.24) is 24.6 Å². The van der Waals surface area contributed by atoms with Crippen molar-refractivity contribution in [1.29, 1.82) is 0 Å². The first-order chi connectivity index (χ1) is 19.3. The van der Waals surface area contributed by atoms with E-state index < -0.39 is 36.1 Å². The molecule has 5 heterocycles. The highest BCUT2D eigenvalue weighted by Gasteiger charge is 2.60. The van der Waals surface area contributed by atoms with Gasteiger partial charge in [0.05, 0.1) is 39.8 Å². The minimum absolute atomic E-state index is 0.0213. The van der Waals surface area contributed by atoms with Crippen LogP contribution in [0.25, 0.3) is 16.9 Å². The normalized spacial score (nSPS) is 17.5. The summed E-state index contributed by atoms with van der Waals surface area (Å²) >= 11 is 0. The Bertz CT molecular complexity index is 1620. The number of rotatable bonds is 6. The lowest BCUT2D eigenvalue weighted by Gasteiger charge is -2.63. The molecule has 1 saturated heterocycles. The summed E-state index contributed by atoms with van der Waals surface area (Å²) < 4.78 is 65.6. The molecule has 1 aliphatic carbocycles. The van der Waals surface area contributed by atoms with Crippen LogP contribution in [-0.4, -0.2) is 60.7 Å². The van der Waals surface area contributed by atoms with Crippen LogP contribution in [-0.2, 0) is 6.18 Å². The summed E-state index contributed by atoms with van der Waals surface area (Å²) in [6.45, 7) is 2.91. The molecular weight excluding hydrogens is 549 g/mol. The van der Waals surface area contributed by atoms with Crippen molar-refractivity contribution in [2.75, 3.05) is 23.3 Å². The second-order valence-electron chi connectivity index (χ2n) is 10.9. The summed E-state index contributed by atoms with van der Waals surface area (Å²) in [7, 11) is 0. The summed E-state index contributed by atoms with van der Waals surface area (Å²) in [4.78, 5) is 27.1. The number of anilines is 2. The zero-order valence-corrected chi connectivity index (χ0v) is 21.7. The van der Waals surface area contributed by atoms with Crippen molar-refractivity contribution in [2.24, 2.45) is 5.41 Å². The molecule has 41 heavy (non-hydrogen) atoms. The molecular formula is C27H24F5N7O2. The van der Waals surface area contributed by atoms with Crippen LogP contribution in [0.3, 0.4) is 0 Å². The lowest BCUT2D eigenvalue weighted by molar-refractivity contribution is -0.161. The molecule has 1 amide bonds. The first kappa shape index (κ1) is 27.0. The van der Waals surface area contributed by atoms with Crippen LogP contribution in [0.15, 0.2) is 49.2 Å². The van der Waals surface area contributed by atoms with Crippen LogP contribution in [0.4, 0.5) is 33.3 Å². The standard InChI is InChI=1S/C27H24F5N7O2/c1-15-20(4-16(7-33-15)23-34-8-17(9-35-23)27(30,31)32)37-24(40)19-10-36-39-3-2-18(5-21(19)39)38-13-25(14-38)11-26(41,12-25)6-22(28)29/h2-5,7-10,22,41H,6,11-14H2,1H3,(H,37,40). The van der Waals surface area contributed by atoms with Crippen LogP contribution in [0.5, 0.6) is 0 Å². The molecule has 14 heteroatoms. The number of alkyl halides is 5. The van der Waals surface area contributed by atoms with Crippen LogP contribution in [0, 0.1) is 12.3 Å². The van der Waals surface area contributed by atoms with Gasteiger partial charge in [-0.3, -0.25) is 9.78 Å². The Morgan fingerprint density at radius 1 is 1.10 bits per heavy atom. The Balaban J connectivity index is 1.17. The molecule has 9 nitrogen and oxygen atoms in total. The highest BCUT2D eigenvalue weighted by atomic mass is 19.4. The molecule has 2 N–H and O–H groups in total. The lowest BCUT2D eigenvalue weighted by Crippen LogP contribution is -2.68. The van der Waals surface area contributed by atoms with Crippen molar-refractivity contribution in [3.8, 4) is 11.4 Å². The Hall–Kier alpha value is -4.20. The third kappa shape index (κ3) is 5.07. The number of hydrogen-bond donors (Lipinski definition) is 2. The van der Waals surface area contributed by atoms with Crippen molar-refractivity contribution < 1.29 is 31.9 Å². The summed E-state index contributed by atoms with van der Waals surface area (Å²) in [6, 6.07) is 5.20. The second-order valence-corrected chi connectivity index (χ2v) is 10.9. The van der Waals surface area contributed by atoms with Gasteiger partial charge in [0.1, 0.15) is 0 Å². The fourth-order valence-electron chi connectivity index (χ4n) is 5.88. The Morgan fingerprint density at radius 3 is 2.46 bits per heavy atom. The molecule has 0 unspecified atom stereocenters. The second kappa shape index (κ2) is 9.43. The maximum absolute atomic E-state index is 13.3. The molecule has 0 atom stereocenters. The number of carbonyl (C=O) groups is 1. The van der Waals surface area contributed by atoms with Gasteiger partial charge in [-0.05, 0) is 38.0 Å². The average molecular weight is 574 g/mol. The van der Waals surface area contributed by atoms with Crippen molar-refractivity contribution in [3.05, 3.63) is 66.0 Å². The van der Waals surface area contributed by atoms with E-state index >= 15 is 0 Å². The van der Waals surface area contributed by atoms with E-state index in [2.05, 4.69) is 30.3 Å². The van der Waals surface area contributed by atoms with Crippen LogP contribution < -0.4 is 10.2 Å². The Labute approximate surface area is 230 Å². The van der Waals surface area contributed by atoms with E-state index in [0.29, 0.717) is 60.8 Å². The van der Waals surface area contributed by atoms with Crippen LogP contribution >= 0.6 is 0 Å². The third-order valence-electron chi connectivity index (χ3n) is 7.68. The SMILES string of the molecule is Cc1ncc(-c2ncc(C(F)(F)F)cn2)cc1NC(=O)c1cnn2ccc(N3CC4(C3)CC(O)(CC(F)F)C4)cc12. The van der Waals surface area contributed by atoms with Crippen LogP contribution in [0.2, 0.25) is 0 Å². The van der Waals surface area contributed by atoms with E-state index in [1.807, 2.05) is 12.1 Å². The average Bonchev–Trinajstić information content (AvgIpc) is 3.29. The monoisotopic (exact) mass is 573 g/mol. The van der Waals surface area contributed by atoms with Gasteiger partial charge in [-0.25, -0.2) is 23.3 Å². The predicted octanol–water partition coefficient (Wildman–Crippen LogP) is 4.75. The molecule has 0 radical (unpaired) electrons. The van der Waals surface area contributed by atoms with Crippen LogP contribution in [0.1, 0.15) is 40.9 Å². The van der Waals surface area contributed by atoms with Crippen molar-refractivity contribution in [3.63, 3.8) is 0 Å². The first-order valence-corrected chi connectivity index (χ1v) is 12.7. The molecule has 214 valence electrons. The topological polar surface area (TPSA) is 109 Å². The first-order valence-electron chi connectivity index (χ1n) is 12.7. The number of carbonyl (C=O) groups excluding carboxylic acids is 1. The lowest BCUT2D eigenvalue weighted by atomic mass is 9.54. The fourth-order valence-corrected chi connectivity index (χ4v) is 5.88. The van der Waals surface area contributed by atoms with Gasteiger partial charge in [0.2, 0.25) is 6.43 Å². The number of fused-ring (bicyclic) bond motifs is 1. The molecule has 2 aliphatic rings. The van der Waals surface area contributed by atoms with Crippen molar-refractivity contribution in [2.45, 2.75) is 44.4 Å². The molecule has 1 saturated carbocycles. The quantitative estimate of drug-likeness (QED) is 0.321. The van der Waals surface area contributed by atoms with Gasteiger partial charge in [0, 0.05) is 61.0 Å². The molecule has 1 aliphatic heterocycles. The Kier molecular flexibility index (Phi) is 6.21. The number of aromatic nitrogens is 5. The van der Waals surface area contributed by atoms with Gasteiger partial charge in [0.15, 0.2) is 5.82 Å². The number of halogens is 5. The zero-order chi connectivity index (χ0) is 29.2. The van der Waals surface area contributed by atoms with Gasteiger partial charge in [-0.1, -0.05) is 0 Å². The molecule has 4 aromatic heterocycles. The van der Waals surface area contributed by atoms with E-state index in [1.165, 1.54) is 18.5 Å². The summed E-state index contributed by atoms with van der Waals surface area (Å²) in [5, 5.41) is 17.3. The van der Waals surface area contributed by atoms with Gasteiger partial charge in [-0.15, -0.1) is 0 Å². The van der Waals surface area contributed by atoms with E-state index in [-0.39, 0.29) is 16.8 Å². The maximum atomic E-state index is 13.3. The molecule has 6 rings (SSSR count). The number of nitrogens with zero attached hydrogens (tertiary/aromatic N) is 6. The number of amides is 1. The van der Waals surface area contributed by atoms with E-state index in [4.69, 9.17) is 0 Å². The zero-order valence-electron chi connectivity index (χ0n) is 21.7. The molecule has 4 aromatic rings. The predicted molar refractivity (Wildman–Crippen MR) is 138 cm³/mol. The minimum Gasteiger partial charge on any atom is -0.390 e. The minimum atomic E-state index is -4.56. The number of pyridine rings is 2. The summed E-state index contributed by atoms with van der Waals surface area (Å²) in [5.74, 6) is -0.447. The molecule has 1 spiro atoms. The number of aryl methyl sites for hydroxylation is 1. The maximum Gasteiger partial charge on any atom is 0.419 e. The van der Waals surface area contributed by atoms with E-state index in [1.54, 1.807) is 17.6 Å². The molecule has 0 bridgehead atoms. The van der Waals surface area contributed by atoms with Crippen molar-refractivity contribution >= 4 is 22.8 Å². The number of hydrogen-bond acceptors (Lipinski definition) is 7. The van der Waals surface area contributed by atoms with Gasteiger partial charge >= 0.3 is 6.18 Å². The highest BCUT2D eigenvalue weighted by Crippen LogP contribution is 2.56.